The van der Waals surface area contributed by atoms with Crippen molar-refractivity contribution in [3.8, 4) is 0 Å². The molecule has 0 aromatic heterocycles. The molecule has 0 unspecified atom stereocenters. The van der Waals surface area contributed by atoms with Gasteiger partial charge in [-0.05, 0) is 0 Å². The lowest BCUT2D eigenvalue weighted by Gasteiger charge is -2.51. The second kappa shape index (κ2) is 7.71. The van der Waals surface area contributed by atoms with Gasteiger partial charge in [0.15, 0.2) is 0 Å². The van der Waals surface area contributed by atoms with Gasteiger partial charge in [0.2, 0.25) is 0 Å². The number of hydrogen-bond acceptors (Lipinski definition) is 4. The molecule has 0 spiro atoms. The highest BCUT2D eigenvalue weighted by molar-refractivity contribution is 6.05. The number of carbonyl (C=O) groups excluding carboxylic acids is 4. The Bertz CT molecular complexity index is 424. The minimum absolute atomic E-state index is 0.0687. The van der Waals surface area contributed by atoms with Crippen molar-refractivity contribution in [2.75, 3.05) is 0 Å². The van der Waals surface area contributed by atoms with Crippen molar-refractivity contribution in [3.05, 3.63) is 0 Å². The van der Waals surface area contributed by atoms with E-state index in [1.165, 1.54) is 0 Å². The van der Waals surface area contributed by atoms with Crippen LogP contribution in [0, 0.1) is 47.3 Å². The molecule has 1 rings (SSSR count). The van der Waals surface area contributed by atoms with Gasteiger partial charge < -0.3 is 0 Å². The molecule has 4 heteroatoms. The molecule has 1 fully saturated rings. The van der Waals surface area contributed by atoms with Crippen LogP contribution in [-0.2, 0) is 19.2 Å². The van der Waals surface area contributed by atoms with Gasteiger partial charge >= 0.3 is 0 Å². The molecule has 1 aliphatic carbocycles. The average molecular weight is 336 g/mol. The molecule has 136 valence electrons. The van der Waals surface area contributed by atoms with Gasteiger partial charge in [-0.3, -0.25) is 19.2 Å². The fraction of sp³-hybridized carbons (Fsp3) is 0.800. The fourth-order valence-corrected chi connectivity index (χ4v) is 3.70. The maximum Gasteiger partial charge on any atom is 0.139 e. The lowest BCUT2D eigenvalue weighted by molar-refractivity contribution is -0.168. The third-order valence-electron chi connectivity index (χ3n) is 5.14. The lowest BCUT2D eigenvalue weighted by Crippen LogP contribution is -2.62. The fourth-order valence-electron chi connectivity index (χ4n) is 3.70. The van der Waals surface area contributed by atoms with Crippen LogP contribution in [0.2, 0.25) is 0 Å². The van der Waals surface area contributed by atoms with Crippen LogP contribution in [0.4, 0.5) is 0 Å². The molecule has 0 bridgehead atoms. The van der Waals surface area contributed by atoms with E-state index in [2.05, 4.69) is 0 Å². The summed E-state index contributed by atoms with van der Waals surface area (Å²) < 4.78 is 0. The van der Waals surface area contributed by atoms with E-state index in [4.69, 9.17) is 0 Å². The molecule has 0 amide bonds. The third kappa shape index (κ3) is 3.68. The SMILES string of the molecule is CC(C)C(=O)C1C(C(=O)C(C)C)C(C(=O)C(C)C)C1C(=O)C(C)C. The summed E-state index contributed by atoms with van der Waals surface area (Å²) in [5.41, 5.74) is 0. The van der Waals surface area contributed by atoms with Gasteiger partial charge in [0.05, 0.1) is 0 Å². The van der Waals surface area contributed by atoms with Crippen molar-refractivity contribution < 1.29 is 19.2 Å². The van der Waals surface area contributed by atoms with Crippen LogP contribution >= 0.6 is 0 Å². The average Bonchev–Trinajstić information content (AvgIpc) is 2.44. The molecule has 0 aromatic rings. The van der Waals surface area contributed by atoms with Crippen LogP contribution in [-0.4, -0.2) is 23.1 Å². The van der Waals surface area contributed by atoms with E-state index < -0.39 is 23.7 Å². The van der Waals surface area contributed by atoms with Crippen molar-refractivity contribution in [1.29, 1.82) is 0 Å². The Hall–Kier alpha value is -1.32. The molecule has 0 heterocycles. The first-order chi connectivity index (χ1) is 10.9. The van der Waals surface area contributed by atoms with Gasteiger partial charge in [0.25, 0.3) is 0 Å². The zero-order valence-electron chi connectivity index (χ0n) is 16.3. The summed E-state index contributed by atoms with van der Waals surface area (Å²) >= 11 is 0. The molecule has 0 atom stereocenters. The van der Waals surface area contributed by atoms with Crippen LogP contribution in [0.1, 0.15) is 55.4 Å². The predicted octanol–water partition coefficient (Wildman–Crippen LogP) is 3.37. The van der Waals surface area contributed by atoms with Crippen molar-refractivity contribution >= 4 is 23.1 Å². The van der Waals surface area contributed by atoms with E-state index in [-0.39, 0.29) is 46.8 Å². The van der Waals surface area contributed by atoms with Gasteiger partial charge in [0, 0.05) is 47.3 Å². The first kappa shape index (κ1) is 20.7. The third-order valence-corrected chi connectivity index (χ3v) is 5.14. The quantitative estimate of drug-likeness (QED) is 0.681. The van der Waals surface area contributed by atoms with Crippen molar-refractivity contribution in [3.63, 3.8) is 0 Å². The van der Waals surface area contributed by atoms with E-state index in [9.17, 15) is 19.2 Å². The van der Waals surface area contributed by atoms with Gasteiger partial charge in [0.1, 0.15) is 23.1 Å². The molecular formula is C20H32O4. The molecule has 1 aliphatic rings. The Morgan fingerprint density at radius 3 is 0.625 bits per heavy atom. The van der Waals surface area contributed by atoms with Crippen LogP contribution in [0.3, 0.4) is 0 Å². The van der Waals surface area contributed by atoms with E-state index >= 15 is 0 Å². The highest BCUT2D eigenvalue weighted by Gasteiger charge is 2.62. The second-order valence-electron chi connectivity index (χ2n) is 8.33. The Balaban J connectivity index is 3.38. The number of carbonyl (C=O) groups is 4. The van der Waals surface area contributed by atoms with E-state index in [1.807, 2.05) is 0 Å². The Morgan fingerprint density at radius 1 is 0.417 bits per heavy atom. The Labute approximate surface area is 145 Å². The number of Topliss-reactive ketones (excluding diaryl/α,β-unsaturated/α-hetero) is 4. The largest absolute Gasteiger partial charge is 0.299 e. The van der Waals surface area contributed by atoms with Gasteiger partial charge in [-0.2, -0.15) is 0 Å². The summed E-state index contributed by atoms with van der Waals surface area (Å²) in [6.45, 7) is 14.3. The monoisotopic (exact) mass is 336 g/mol. The van der Waals surface area contributed by atoms with Gasteiger partial charge in [-0.15, -0.1) is 0 Å². The normalized spacial score (nSPS) is 26.8. The Kier molecular flexibility index (Phi) is 6.66. The minimum atomic E-state index is -0.637. The van der Waals surface area contributed by atoms with Crippen LogP contribution in [0.5, 0.6) is 0 Å². The summed E-state index contributed by atoms with van der Waals surface area (Å²) in [6, 6.07) is 0. The molecule has 0 aliphatic heterocycles. The van der Waals surface area contributed by atoms with Crippen LogP contribution < -0.4 is 0 Å². The zero-order chi connectivity index (χ0) is 18.9. The summed E-state index contributed by atoms with van der Waals surface area (Å²) in [5, 5.41) is 0. The van der Waals surface area contributed by atoms with Crippen molar-refractivity contribution in [1.82, 2.24) is 0 Å². The maximum atomic E-state index is 12.7. The minimum Gasteiger partial charge on any atom is -0.299 e. The molecule has 0 aromatic carbocycles. The zero-order valence-corrected chi connectivity index (χ0v) is 16.3. The summed E-state index contributed by atoms with van der Waals surface area (Å²) in [4.78, 5) is 50.9. The van der Waals surface area contributed by atoms with E-state index in [0.717, 1.165) is 0 Å². The molecular weight excluding hydrogens is 304 g/mol. The van der Waals surface area contributed by atoms with Crippen LogP contribution in [0.15, 0.2) is 0 Å². The van der Waals surface area contributed by atoms with Crippen molar-refractivity contribution in [2.24, 2.45) is 47.3 Å². The van der Waals surface area contributed by atoms with Gasteiger partial charge in [-0.25, -0.2) is 0 Å². The smallest absolute Gasteiger partial charge is 0.139 e. The highest BCUT2D eigenvalue weighted by atomic mass is 16.2. The standard InChI is InChI=1S/C20H32O4/c1-9(2)17(21)13-14(18(22)10(3)4)16(20(24)12(7)8)15(13)19(23)11(5)6/h9-16H,1-8H3. The molecule has 4 nitrogen and oxygen atoms in total. The van der Waals surface area contributed by atoms with Crippen molar-refractivity contribution in [2.45, 2.75) is 55.4 Å². The lowest BCUT2D eigenvalue weighted by atomic mass is 9.48. The second-order valence-corrected chi connectivity index (χ2v) is 8.33. The van der Waals surface area contributed by atoms with Gasteiger partial charge in [-0.1, -0.05) is 55.4 Å². The molecule has 24 heavy (non-hydrogen) atoms. The number of rotatable bonds is 8. The number of hydrogen-bond donors (Lipinski definition) is 0. The summed E-state index contributed by atoms with van der Waals surface area (Å²) in [6.07, 6.45) is 0. The van der Waals surface area contributed by atoms with E-state index in [1.54, 1.807) is 55.4 Å². The van der Waals surface area contributed by atoms with E-state index in [0.29, 0.717) is 0 Å². The summed E-state index contributed by atoms with van der Waals surface area (Å²) in [5.74, 6) is -3.84. The molecule has 0 radical (unpaired) electrons. The number of ketones is 4. The predicted molar refractivity (Wildman–Crippen MR) is 93.3 cm³/mol. The molecule has 0 N–H and O–H groups in total. The first-order valence-electron chi connectivity index (χ1n) is 9.08. The molecule has 1 saturated carbocycles. The Morgan fingerprint density at radius 2 is 0.542 bits per heavy atom. The first-order valence-corrected chi connectivity index (χ1v) is 9.08. The highest BCUT2D eigenvalue weighted by Crippen LogP contribution is 2.51. The maximum absolute atomic E-state index is 12.7. The summed E-state index contributed by atoms with van der Waals surface area (Å²) in [7, 11) is 0. The molecule has 0 saturated heterocycles. The van der Waals surface area contributed by atoms with Crippen LogP contribution in [0.25, 0.3) is 0 Å². The topological polar surface area (TPSA) is 68.3 Å².